The Bertz CT molecular complexity index is 507. The van der Waals surface area contributed by atoms with Gasteiger partial charge in [-0.2, -0.15) is 5.10 Å². The maximum absolute atomic E-state index is 11.3. The van der Waals surface area contributed by atoms with Crippen LogP contribution in [0, 0.1) is 0 Å². The molecule has 0 fully saturated rings. The van der Waals surface area contributed by atoms with Gasteiger partial charge in [-0.1, -0.05) is 0 Å². The molecule has 0 spiro atoms. The first-order valence-corrected chi connectivity index (χ1v) is 4.56. The lowest BCUT2D eigenvalue weighted by molar-refractivity contribution is 0.0594. The zero-order valence-electron chi connectivity index (χ0n) is 8.62. The Balaban J connectivity index is 2.42. The number of carbonyl (C=O) groups is 1. The van der Waals surface area contributed by atoms with Crippen LogP contribution in [0.4, 0.5) is 5.69 Å². The van der Waals surface area contributed by atoms with Crippen molar-refractivity contribution in [2.24, 2.45) is 0 Å². The molecule has 2 aromatic heterocycles. The van der Waals surface area contributed by atoms with Crippen molar-refractivity contribution >= 4 is 11.7 Å². The summed E-state index contributed by atoms with van der Waals surface area (Å²) in [6, 6.07) is 3.57. The van der Waals surface area contributed by atoms with E-state index < -0.39 is 5.97 Å². The Morgan fingerprint density at radius 1 is 1.56 bits per heavy atom. The third kappa shape index (κ3) is 1.72. The van der Waals surface area contributed by atoms with Crippen LogP contribution in [0.25, 0.3) is 5.69 Å². The highest BCUT2D eigenvalue weighted by Crippen LogP contribution is 2.13. The number of hydrogen-bond donors (Lipinski definition) is 1. The van der Waals surface area contributed by atoms with E-state index in [0.717, 1.165) is 5.69 Å². The Hall–Kier alpha value is -2.37. The average Bonchev–Trinajstić information content (AvgIpc) is 2.71. The largest absolute Gasteiger partial charge is 0.464 e. The van der Waals surface area contributed by atoms with Gasteiger partial charge >= 0.3 is 5.97 Å². The first-order chi connectivity index (χ1) is 7.72. The van der Waals surface area contributed by atoms with Crippen molar-refractivity contribution in [2.45, 2.75) is 0 Å². The molecule has 0 saturated carbocycles. The van der Waals surface area contributed by atoms with Gasteiger partial charge in [-0.3, -0.25) is 4.98 Å². The number of nitrogens with two attached hydrogens (primary N) is 1. The normalized spacial score (nSPS) is 10.1. The van der Waals surface area contributed by atoms with Crippen LogP contribution >= 0.6 is 0 Å². The lowest BCUT2D eigenvalue weighted by Crippen LogP contribution is -2.06. The number of methoxy groups -OCH3 is 1. The van der Waals surface area contributed by atoms with Gasteiger partial charge in [0.15, 0.2) is 5.69 Å². The molecule has 0 aliphatic heterocycles. The molecule has 0 radical (unpaired) electrons. The second kappa shape index (κ2) is 4.01. The Kier molecular flexibility index (Phi) is 2.55. The monoisotopic (exact) mass is 218 g/mol. The third-order valence-electron chi connectivity index (χ3n) is 2.03. The first kappa shape index (κ1) is 10.2. The van der Waals surface area contributed by atoms with Gasteiger partial charge in [-0.15, -0.1) is 0 Å². The fourth-order valence-electron chi connectivity index (χ4n) is 1.26. The number of ether oxygens (including phenoxy) is 1. The number of esters is 1. The van der Waals surface area contributed by atoms with Crippen LogP contribution in [0.3, 0.4) is 0 Å². The van der Waals surface area contributed by atoms with Crippen molar-refractivity contribution in [3.63, 3.8) is 0 Å². The molecule has 6 heteroatoms. The minimum atomic E-state index is -0.555. The van der Waals surface area contributed by atoms with Crippen LogP contribution in [-0.2, 0) is 4.74 Å². The van der Waals surface area contributed by atoms with E-state index in [1.165, 1.54) is 11.8 Å². The van der Waals surface area contributed by atoms with Gasteiger partial charge in [0, 0.05) is 6.20 Å². The third-order valence-corrected chi connectivity index (χ3v) is 2.03. The van der Waals surface area contributed by atoms with Gasteiger partial charge in [-0.05, 0) is 12.1 Å². The summed E-state index contributed by atoms with van der Waals surface area (Å²) in [7, 11) is 1.28. The van der Waals surface area contributed by atoms with E-state index in [2.05, 4.69) is 14.8 Å². The zero-order valence-corrected chi connectivity index (χ0v) is 8.62. The predicted molar refractivity (Wildman–Crippen MR) is 57.1 cm³/mol. The van der Waals surface area contributed by atoms with Crippen molar-refractivity contribution in [1.82, 2.24) is 14.8 Å². The molecule has 2 aromatic rings. The smallest absolute Gasteiger partial charge is 0.360 e. The number of nitrogens with zero attached hydrogens (tertiary/aromatic N) is 3. The van der Waals surface area contributed by atoms with Crippen LogP contribution in [0.2, 0.25) is 0 Å². The SMILES string of the molecule is COC(=O)c1nn(-c2cccnc2)cc1N. The quantitative estimate of drug-likeness (QED) is 0.748. The molecule has 2 rings (SSSR count). The summed E-state index contributed by atoms with van der Waals surface area (Å²) in [4.78, 5) is 15.2. The fraction of sp³-hybridized carbons (Fsp3) is 0.100. The van der Waals surface area contributed by atoms with Crippen molar-refractivity contribution in [3.8, 4) is 5.69 Å². The number of pyridine rings is 1. The van der Waals surface area contributed by atoms with Gasteiger partial charge in [0.05, 0.1) is 30.9 Å². The van der Waals surface area contributed by atoms with Crippen molar-refractivity contribution in [3.05, 3.63) is 36.4 Å². The summed E-state index contributed by atoms with van der Waals surface area (Å²) < 4.78 is 6.04. The lowest BCUT2D eigenvalue weighted by atomic mass is 10.4. The topological polar surface area (TPSA) is 83.0 Å². The van der Waals surface area contributed by atoms with Crippen molar-refractivity contribution < 1.29 is 9.53 Å². The molecule has 0 saturated heterocycles. The van der Waals surface area contributed by atoms with Crippen LogP contribution in [0.1, 0.15) is 10.5 Å². The summed E-state index contributed by atoms with van der Waals surface area (Å²) in [6.45, 7) is 0. The van der Waals surface area contributed by atoms with Crippen LogP contribution in [0.5, 0.6) is 0 Å². The predicted octanol–water partition coefficient (Wildman–Crippen LogP) is 0.636. The summed E-state index contributed by atoms with van der Waals surface area (Å²) in [6.07, 6.45) is 4.81. The number of nitrogen functional groups attached to an aromatic ring is 1. The second-order valence-electron chi connectivity index (χ2n) is 3.08. The molecular formula is C10H10N4O2. The van der Waals surface area contributed by atoms with Crippen LogP contribution in [-0.4, -0.2) is 27.8 Å². The fourth-order valence-corrected chi connectivity index (χ4v) is 1.26. The zero-order chi connectivity index (χ0) is 11.5. The summed E-state index contributed by atoms with van der Waals surface area (Å²) in [5.41, 5.74) is 6.75. The summed E-state index contributed by atoms with van der Waals surface area (Å²) >= 11 is 0. The average molecular weight is 218 g/mol. The van der Waals surface area contributed by atoms with E-state index >= 15 is 0 Å². The van der Waals surface area contributed by atoms with Gasteiger partial charge < -0.3 is 10.5 Å². The number of anilines is 1. The maximum Gasteiger partial charge on any atom is 0.360 e. The highest BCUT2D eigenvalue weighted by Gasteiger charge is 2.15. The molecule has 2 heterocycles. The van der Waals surface area contributed by atoms with E-state index in [1.54, 1.807) is 30.7 Å². The van der Waals surface area contributed by atoms with Gasteiger partial charge in [0.25, 0.3) is 0 Å². The van der Waals surface area contributed by atoms with E-state index in [4.69, 9.17) is 5.73 Å². The molecule has 0 aliphatic rings. The molecule has 0 amide bonds. The summed E-state index contributed by atoms with van der Waals surface area (Å²) in [5.74, 6) is -0.555. The second-order valence-corrected chi connectivity index (χ2v) is 3.08. The standard InChI is InChI=1S/C10H10N4O2/c1-16-10(15)9-8(11)6-14(13-9)7-3-2-4-12-5-7/h2-6H,11H2,1H3. The number of rotatable bonds is 2. The number of aromatic nitrogens is 3. The van der Waals surface area contributed by atoms with Gasteiger partial charge in [-0.25, -0.2) is 9.48 Å². The number of carbonyl (C=O) groups excluding carboxylic acids is 1. The lowest BCUT2D eigenvalue weighted by Gasteiger charge is -1.98. The van der Waals surface area contributed by atoms with E-state index in [-0.39, 0.29) is 11.4 Å². The van der Waals surface area contributed by atoms with Crippen molar-refractivity contribution in [1.29, 1.82) is 0 Å². The van der Waals surface area contributed by atoms with E-state index in [0.29, 0.717) is 0 Å². The highest BCUT2D eigenvalue weighted by molar-refractivity contribution is 5.92. The molecule has 0 bridgehead atoms. The number of hydrogen-bond acceptors (Lipinski definition) is 5. The molecule has 6 nitrogen and oxygen atoms in total. The molecule has 2 N–H and O–H groups in total. The minimum Gasteiger partial charge on any atom is -0.464 e. The van der Waals surface area contributed by atoms with Gasteiger partial charge in [0.1, 0.15) is 0 Å². The Labute approximate surface area is 91.7 Å². The molecule has 0 unspecified atom stereocenters. The molecule has 0 atom stereocenters. The van der Waals surface area contributed by atoms with Crippen LogP contribution < -0.4 is 5.73 Å². The Morgan fingerprint density at radius 2 is 2.38 bits per heavy atom. The van der Waals surface area contributed by atoms with E-state index in [9.17, 15) is 4.79 Å². The Morgan fingerprint density at radius 3 is 3.00 bits per heavy atom. The highest BCUT2D eigenvalue weighted by atomic mass is 16.5. The van der Waals surface area contributed by atoms with Gasteiger partial charge in [0.2, 0.25) is 0 Å². The maximum atomic E-state index is 11.3. The molecule has 16 heavy (non-hydrogen) atoms. The molecule has 82 valence electrons. The van der Waals surface area contributed by atoms with Crippen molar-refractivity contribution in [2.75, 3.05) is 12.8 Å². The minimum absolute atomic E-state index is 0.103. The summed E-state index contributed by atoms with van der Waals surface area (Å²) in [5, 5.41) is 4.03. The van der Waals surface area contributed by atoms with E-state index in [1.807, 2.05) is 0 Å². The van der Waals surface area contributed by atoms with Crippen LogP contribution in [0.15, 0.2) is 30.7 Å². The molecule has 0 aliphatic carbocycles. The first-order valence-electron chi connectivity index (χ1n) is 4.56. The molecular weight excluding hydrogens is 208 g/mol. The molecule has 0 aromatic carbocycles.